The normalized spacial score (nSPS) is 13.9. The predicted octanol–water partition coefficient (Wildman–Crippen LogP) is 6.12. The first-order chi connectivity index (χ1) is 21.1. The summed E-state index contributed by atoms with van der Waals surface area (Å²) in [7, 11) is -3.33. The highest BCUT2D eigenvalue weighted by Crippen LogP contribution is 2.26. The number of hydrogen-bond donors (Lipinski definition) is 4. The van der Waals surface area contributed by atoms with Crippen LogP contribution in [0.4, 0.5) is 15.8 Å². The predicted molar refractivity (Wildman–Crippen MR) is 176 cm³/mol. The molecule has 1 amide bonds. The van der Waals surface area contributed by atoms with Gasteiger partial charge < -0.3 is 20.5 Å². The highest BCUT2D eigenvalue weighted by molar-refractivity contribution is 7.92. The third-order valence-electron chi connectivity index (χ3n) is 7.35. The third kappa shape index (κ3) is 9.92. The number of amides is 1. The number of sulfonamides is 1. The number of rotatable bonds is 11. The number of nitrogens with one attached hydrogen (secondary N) is 3. The summed E-state index contributed by atoms with van der Waals surface area (Å²) in [5.41, 5.74) is 2.99. The molecule has 0 radical (unpaired) electrons. The van der Waals surface area contributed by atoms with E-state index in [2.05, 4.69) is 20.3 Å². The minimum Gasteiger partial charge on any atom is -0.507 e. The number of anilines is 2. The van der Waals surface area contributed by atoms with Gasteiger partial charge in [0, 0.05) is 30.5 Å². The Morgan fingerprint density at radius 1 is 0.911 bits per heavy atom. The van der Waals surface area contributed by atoms with Gasteiger partial charge >= 0.3 is 0 Å². The molecule has 1 saturated heterocycles. The molecule has 238 valence electrons. The van der Waals surface area contributed by atoms with Crippen LogP contribution in [0.2, 0.25) is 0 Å². The van der Waals surface area contributed by atoms with E-state index in [1.54, 1.807) is 30.3 Å². The summed E-state index contributed by atoms with van der Waals surface area (Å²) in [6.07, 6.45) is 3.00. The van der Waals surface area contributed by atoms with Crippen LogP contribution in [-0.4, -0.2) is 49.7 Å². The van der Waals surface area contributed by atoms with E-state index in [1.807, 2.05) is 30.3 Å². The minimum atomic E-state index is -3.33. The summed E-state index contributed by atoms with van der Waals surface area (Å²) in [4.78, 5) is 15.3. The number of phenols is 1. The Kier molecular flexibility index (Phi) is 11.4. The Morgan fingerprint density at radius 3 is 2.13 bits per heavy atom. The SMILES string of the molecule is CS(=O)(=O)Nc1ccc(Oc2ccc(CN3CCC(NCc4cccc(O)c4C(=O)Nc4ccc(F)cc4)CC3)cc2)cc1.Cl. The molecular weight excluding hydrogens is 619 g/mol. The first-order valence-corrected chi connectivity index (χ1v) is 16.2. The van der Waals surface area contributed by atoms with Gasteiger partial charge in [-0.2, -0.15) is 0 Å². The molecule has 45 heavy (non-hydrogen) atoms. The summed E-state index contributed by atoms with van der Waals surface area (Å²) in [6.45, 7) is 3.09. The fourth-order valence-corrected chi connectivity index (χ4v) is 5.70. The molecule has 4 N–H and O–H groups in total. The van der Waals surface area contributed by atoms with Crippen LogP contribution in [0.5, 0.6) is 17.2 Å². The van der Waals surface area contributed by atoms with Crippen LogP contribution in [0.15, 0.2) is 91.0 Å². The number of piperidine rings is 1. The summed E-state index contributed by atoms with van der Waals surface area (Å²) in [6, 6.07) is 25.4. The smallest absolute Gasteiger partial charge is 0.259 e. The number of likely N-dealkylation sites (tertiary alicyclic amines) is 1. The molecular formula is C33H36ClFN4O5S. The van der Waals surface area contributed by atoms with Gasteiger partial charge in [0.05, 0.1) is 11.8 Å². The van der Waals surface area contributed by atoms with Crippen LogP contribution < -0.4 is 20.1 Å². The van der Waals surface area contributed by atoms with Crippen molar-refractivity contribution in [1.82, 2.24) is 10.2 Å². The molecule has 4 aromatic rings. The lowest BCUT2D eigenvalue weighted by atomic mass is 10.0. The summed E-state index contributed by atoms with van der Waals surface area (Å²) in [5, 5.41) is 16.7. The average molecular weight is 655 g/mol. The lowest BCUT2D eigenvalue weighted by molar-refractivity contribution is 0.102. The number of hydrogen-bond acceptors (Lipinski definition) is 7. The molecule has 0 aromatic heterocycles. The minimum absolute atomic E-state index is 0. The number of aromatic hydroxyl groups is 1. The zero-order valence-corrected chi connectivity index (χ0v) is 26.3. The zero-order valence-electron chi connectivity index (χ0n) is 24.7. The maximum Gasteiger partial charge on any atom is 0.259 e. The van der Waals surface area contributed by atoms with E-state index in [1.165, 1.54) is 35.9 Å². The summed E-state index contributed by atoms with van der Waals surface area (Å²) in [5.74, 6) is 0.361. The number of nitrogens with zero attached hydrogens (tertiary/aromatic N) is 1. The molecule has 1 aliphatic heterocycles. The van der Waals surface area contributed by atoms with E-state index in [0.717, 1.165) is 38.7 Å². The van der Waals surface area contributed by atoms with Crippen molar-refractivity contribution >= 4 is 39.7 Å². The van der Waals surface area contributed by atoms with E-state index in [4.69, 9.17) is 4.74 Å². The van der Waals surface area contributed by atoms with Crippen molar-refractivity contribution in [1.29, 1.82) is 0 Å². The van der Waals surface area contributed by atoms with Crippen LogP contribution in [-0.2, 0) is 23.1 Å². The molecule has 9 nitrogen and oxygen atoms in total. The van der Waals surface area contributed by atoms with Crippen LogP contribution in [0.25, 0.3) is 0 Å². The zero-order chi connectivity index (χ0) is 31.1. The fourth-order valence-electron chi connectivity index (χ4n) is 5.13. The molecule has 0 atom stereocenters. The number of halogens is 2. The van der Waals surface area contributed by atoms with E-state index in [0.29, 0.717) is 35.0 Å². The fraction of sp³-hybridized carbons (Fsp3) is 0.242. The van der Waals surface area contributed by atoms with Crippen molar-refractivity contribution in [2.75, 3.05) is 29.4 Å². The monoisotopic (exact) mass is 654 g/mol. The highest BCUT2D eigenvalue weighted by atomic mass is 35.5. The van der Waals surface area contributed by atoms with Gasteiger partial charge in [0.25, 0.3) is 5.91 Å². The van der Waals surface area contributed by atoms with Crippen molar-refractivity contribution in [3.63, 3.8) is 0 Å². The van der Waals surface area contributed by atoms with Gasteiger partial charge in [0.15, 0.2) is 0 Å². The number of carbonyl (C=O) groups is 1. The number of benzene rings is 4. The standard InChI is InChI=1S/C33H35FN4O5S.ClH/c1-44(41,42)37-28-11-15-30(16-12-28)43-29-13-5-23(6-14-29)22-38-19-17-26(18-20-38)35-21-24-3-2-4-31(39)32(24)33(40)36-27-9-7-25(34)8-10-27;/h2-16,26,35,37,39H,17-22H2,1H3,(H,36,40);1H. The second kappa shape index (κ2) is 15.2. The van der Waals surface area contributed by atoms with Crippen LogP contribution in [0.1, 0.15) is 34.3 Å². The Bertz CT molecular complexity index is 1680. The van der Waals surface area contributed by atoms with Gasteiger partial charge in [-0.15, -0.1) is 12.4 Å². The molecule has 4 aromatic carbocycles. The largest absolute Gasteiger partial charge is 0.507 e. The lowest BCUT2D eigenvalue weighted by Gasteiger charge is -2.32. The number of carbonyl (C=O) groups excluding carboxylic acids is 1. The first kappa shape index (κ1) is 33.7. The van der Waals surface area contributed by atoms with Crippen molar-refractivity contribution in [2.24, 2.45) is 0 Å². The number of ether oxygens (including phenoxy) is 1. The molecule has 0 saturated carbocycles. The summed E-state index contributed by atoms with van der Waals surface area (Å²) < 4.78 is 44.3. The lowest BCUT2D eigenvalue weighted by Crippen LogP contribution is -2.42. The van der Waals surface area contributed by atoms with Crippen LogP contribution >= 0.6 is 12.4 Å². The number of phenolic OH excluding ortho intramolecular Hbond substituents is 1. The van der Waals surface area contributed by atoms with Crippen LogP contribution in [0.3, 0.4) is 0 Å². The molecule has 1 fully saturated rings. The van der Waals surface area contributed by atoms with Crippen LogP contribution in [0, 0.1) is 5.82 Å². The van der Waals surface area contributed by atoms with Crippen molar-refractivity contribution in [3.05, 3.63) is 114 Å². The molecule has 1 aliphatic rings. The molecule has 5 rings (SSSR count). The van der Waals surface area contributed by atoms with Crippen molar-refractivity contribution in [3.8, 4) is 17.2 Å². The first-order valence-electron chi connectivity index (χ1n) is 14.3. The Morgan fingerprint density at radius 2 is 1.51 bits per heavy atom. The van der Waals surface area contributed by atoms with E-state index in [-0.39, 0.29) is 29.8 Å². The molecule has 0 unspecified atom stereocenters. The highest BCUT2D eigenvalue weighted by Gasteiger charge is 2.21. The van der Waals surface area contributed by atoms with Gasteiger partial charge in [-0.3, -0.25) is 14.4 Å². The average Bonchev–Trinajstić information content (AvgIpc) is 2.99. The summed E-state index contributed by atoms with van der Waals surface area (Å²) >= 11 is 0. The Balaban J connectivity index is 0.00000461. The van der Waals surface area contributed by atoms with E-state index >= 15 is 0 Å². The van der Waals surface area contributed by atoms with Gasteiger partial charge in [-0.1, -0.05) is 24.3 Å². The van der Waals surface area contributed by atoms with Crippen molar-refractivity contribution < 1.29 is 27.4 Å². The van der Waals surface area contributed by atoms with Crippen molar-refractivity contribution in [2.45, 2.75) is 32.0 Å². The van der Waals surface area contributed by atoms with E-state index < -0.39 is 21.7 Å². The molecule has 0 bridgehead atoms. The Hall–Kier alpha value is -4.16. The van der Waals surface area contributed by atoms with E-state index in [9.17, 15) is 22.7 Å². The second-order valence-electron chi connectivity index (χ2n) is 10.8. The second-order valence-corrected chi connectivity index (χ2v) is 12.6. The van der Waals surface area contributed by atoms with Gasteiger partial charge in [-0.05, 0) is 104 Å². The van der Waals surface area contributed by atoms with Gasteiger partial charge in [0.1, 0.15) is 23.1 Å². The molecule has 12 heteroatoms. The topological polar surface area (TPSA) is 120 Å². The molecule has 0 aliphatic carbocycles. The maximum atomic E-state index is 13.2. The molecule has 0 spiro atoms. The van der Waals surface area contributed by atoms with Gasteiger partial charge in [0.2, 0.25) is 10.0 Å². The maximum absolute atomic E-state index is 13.2. The van der Waals surface area contributed by atoms with Gasteiger partial charge in [-0.25, -0.2) is 12.8 Å². The third-order valence-corrected chi connectivity index (χ3v) is 7.96. The quantitative estimate of drug-likeness (QED) is 0.154. The molecule has 1 heterocycles. The Labute approximate surface area is 268 Å².